The normalized spacial score (nSPS) is 11.9. The summed E-state index contributed by atoms with van der Waals surface area (Å²) < 4.78 is 25.6. The summed E-state index contributed by atoms with van der Waals surface area (Å²) in [6, 6.07) is 9.24. The van der Waals surface area contributed by atoms with Crippen LogP contribution in [0, 0.1) is 0 Å². The van der Waals surface area contributed by atoms with Crippen molar-refractivity contribution in [1.82, 2.24) is 19.6 Å². The Labute approximate surface area is 126 Å². The van der Waals surface area contributed by atoms with Gasteiger partial charge in [0.25, 0.3) is 5.78 Å². The topological polar surface area (TPSA) is 77.2 Å². The van der Waals surface area contributed by atoms with Gasteiger partial charge in [-0.2, -0.15) is 9.50 Å². The first kappa shape index (κ1) is 14.0. The summed E-state index contributed by atoms with van der Waals surface area (Å²) in [7, 11) is -3.43. The summed E-state index contributed by atoms with van der Waals surface area (Å²) in [6.45, 7) is 0. The van der Waals surface area contributed by atoms with Crippen LogP contribution >= 0.6 is 11.8 Å². The number of hydrogen-bond acceptors (Lipinski definition) is 6. The zero-order valence-corrected chi connectivity index (χ0v) is 13.0. The molecule has 0 aliphatic heterocycles. The van der Waals surface area contributed by atoms with Crippen molar-refractivity contribution in [1.29, 1.82) is 0 Å². The second-order valence-corrected chi connectivity index (χ2v) is 7.18. The zero-order valence-electron chi connectivity index (χ0n) is 11.4. The first-order chi connectivity index (χ1) is 10.0. The number of benzene rings is 1. The van der Waals surface area contributed by atoms with Gasteiger partial charge in [0.1, 0.15) is 4.90 Å². The highest BCUT2D eigenvalue weighted by molar-refractivity contribution is 7.98. The molecule has 0 N–H and O–H groups in total. The molecule has 0 atom stereocenters. The summed E-state index contributed by atoms with van der Waals surface area (Å²) >= 11 is 1.38. The molecular formula is C13H12N4O2S2. The third-order valence-corrected chi connectivity index (χ3v) is 4.58. The molecule has 0 fully saturated rings. The van der Waals surface area contributed by atoms with Crippen LogP contribution in [-0.4, -0.2) is 40.5 Å². The van der Waals surface area contributed by atoms with Crippen molar-refractivity contribution in [3.05, 3.63) is 36.5 Å². The smallest absolute Gasteiger partial charge is 0.224 e. The van der Waals surface area contributed by atoms with Crippen LogP contribution in [-0.2, 0) is 9.84 Å². The number of fused-ring (bicyclic) bond motifs is 1. The van der Waals surface area contributed by atoms with Crippen LogP contribution in [0.4, 0.5) is 0 Å². The average molecular weight is 320 g/mol. The van der Waals surface area contributed by atoms with Crippen LogP contribution < -0.4 is 0 Å². The van der Waals surface area contributed by atoms with Crippen molar-refractivity contribution in [3.8, 4) is 11.3 Å². The number of aromatic nitrogens is 4. The number of hydrogen-bond donors (Lipinski definition) is 0. The summed E-state index contributed by atoms with van der Waals surface area (Å²) in [5.41, 5.74) is 1.23. The van der Waals surface area contributed by atoms with Crippen LogP contribution in [0.5, 0.6) is 0 Å². The van der Waals surface area contributed by atoms with E-state index in [4.69, 9.17) is 0 Å². The third-order valence-electron chi connectivity index (χ3n) is 2.94. The molecule has 3 aromatic rings. The van der Waals surface area contributed by atoms with Gasteiger partial charge < -0.3 is 0 Å². The van der Waals surface area contributed by atoms with Crippen molar-refractivity contribution < 1.29 is 8.42 Å². The Kier molecular flexibility index (Phi) is 3.42. The summed E-state index contributed by atoms with van der Waals surface area (Å²) in [5, 5.41) is 4.87. The van der Waals surface area contributed by atoms with Gasteiger partial charge in [-0.15, -0.1) is 5.10 Å². The van der Waals surface area contributed by atoms with E-state index in [1.54, 1.807) is 0 Å². The summed E-state index contributed by atoms with van der Waals surface area (Å²) in [5.74, 6) is 0.380. The zero-order chi connectivity index (χ0) is 15.0. The lowest BCUT2D eigenvalue weighted by atomic mass is 10.1. The number of thioether (sulfide) groups is 1. The van der Waals surface area contributed by atoms with Gasteiger partial charge in [0.2, 0.25) is 5.16 Å². The molecule has 8 heteroatoms. The third kappa shape index (κ3) is 2.52. The standard InChI is InChI=1S/C13H12N4O2S2/c1-20-13-15-12-14-8-10(21(2,18)19)11(17(12)16-13)9-6-4-3-5-7-9/h3-8H,1-2H3. The molecule has 0 saturated heterocycles. The van der Waals surface area contributed by atoms with Crippen molar-refractivity contribution in [2.75, 3.05) is 12.5 Å². The van der Waals surface area contributed by atoms with Crippen molar-refractivity contribution >= 4 is 27.4 Å². The Morgan fingerprint density at radius 2 is 1.90 bits per heavy atom. The molecule has 3 rings (SSSR count). The molecule has 0 radical (unpaired) electrons. The Bertz CT molecular complexity index is 905. The van der Waals surface area contributed by atoms with Crippen LogP contribution in [0.25, 0.3) is 17.0 Å². The average Bonchev–Trinajstić information content (AvgIpc) is 2.89. The molecule has 21 heavy (non-hydrogen) atoms. The molecule has 0 spiro atoms. The maximum absolute atomic E-state index is 12.0. The van der Waals surface area contributed by atoms with Gasteiger partial charge in [0.05, 0.1) is 11.9 Å². The lowest BCUT2D eigenvalue weighted by Crippen LogP contribution is -2.07. The molecular weight excluding hydrogens is 308 g/mol. The number of sulfone groups is 1. The van der Waals surface area contributed by atoms with E-state index in [0.29, 0.717) is 16.6 Å². The second kappa shape index (κ2) is 5.12. The predicted octanol–water partition coefficient (Wildman–Crippen LogP) is 1.92. The van der Waals surface area contributed by atoms with E-state index in [9.17, 15) is 8.42 Å². The Morgan fingerprint density at radius 1 is 1.19 bits per heavy atom. The van der Waals surface area contributed by atoms with Crippen LogP contribution in [0.2, 0.25) is 0 Å². The maximum atomic E-state index is 12.0. The molecule has 108 valence electrons. The molecule has 2 heterocycles. The van der Waals surface area contributed by atoms with Gasteiger partial charge in [0.15, 0.2) is 9.84 Å². The van der Waals surface area contributed by atoms with Gasteiger partial charge in [-0.25, -0.2) is 13.4 Å². The molecule has 1 aromatic carbocycles. The summed E-state index contributed by atoms with van der Waals surface area (Å²) in [6.07, 6.45) is 4.36. The van der Waals surface area contributed by atoms with Crippen LogP contribution in [0.15, 0.2) is 46.6 Å². The van der Waals surface area contributed by atoms with Gasteiger partial charge >= 0.3 is 0 Å². The van der Waals surface area contributed by atoms with E-state index in [1.807, 2.05) is 36.6 Å². The minimum Gasteiger partial charge on any atom is -0.224 e. The monoisotopic (exact) mass is 320 g/mol. The molecule has 6 nitrogen and oxygen atoms in total. The summed E-state index contributed by atoms with van der Waals surface area (Å²) in [4.78, 5) is 8.49. The fourth-order valence-electron chi connectivity index (χ4n) is 2.02. The minimum atomic E-state index is -3.43. The van der Waals surface area contributed by atoms with Gasteiger partial charge in [-0.3, -0.25) is 0 Å². The lowest BCUT2D eigenvalue weighted by molar-refractivity contribution is 0.601. The van der Waals surface area contributed by atoms with Gasteiger partial charge in [-0.05, 0) is 6.26 Å². The quantitative estimate of drug-likeness (QED) is 0.686. The second-order valence-electron chi connectivity index (χ2n) is 4.42. The number of nitrogens with zero attached hydrogens (tertiary/aromatic N) is 4. The van der Waals surface area contributed by atoms with Crippen molar-refractivity contribution in [3.63, 3.8) is 0 Å². The fourth-order valence-corrected chi connectivity index (χ4v) is 3.16. The SMILES string of the molecule is CSc1nc2ncc(S(C)(=O)=O)c(-c3ccccc3)n2n1. The first-order valence-electron chi connectivity index (χ1n) is 6.06. The molecule has 0 aliphatic rings. The molecule has 0 bridgehead atoms. The molecule has 0 amide bonds. The van der Waals surface area contributed by atoms with Crippen molar-refractivity contribution in [2.45, 2.75) is 10.1 Å². The first-order valence-corrected chi connectivity index (χ1v) is 9.17. The molecule has 0 unspecified atom stereocenters. The maximum Gasteiger partial charge on any atom is 0.253 e. The molecule has 0 aliphatic carbocycles. The van der Waals surface area contributed by atoms with Crippen LogP contribution in [0.3, 0.4) is 0 Å². The van der Waals surface area contributed by atoms with E-state index < -0.39 is 9.84 Å². The predicted molar refractivity (Wildman–Crippen MR) is 81.1 cm³/mol. The highest BCUT2D eigenvalue weighted by Crippen LogP contribution is 2.27. The Morgan fingerprint density at radius 3 is 2.52 bits per heavy atom. The van der Waals surface area contributed by atoms with E-state index in [-0.39, 0.29) is 4.90 Å². The van der Waals surface area contributed by atoms with E-state index in [1.165, 1.54) is 22.5 Å². The van der Waals surface area contributed by atoms with Gasteiger partial charge in [0, 0.05) is 11.8 Å². The Balaban J connectivity index is 2.44. The highest BCUT2D eigenvalue weighted by Gasteiger charge is 2.20. The lowest BCUT2D eigenvalue weighted by Gasteiger charge is -2.09. The van der Waals surface area contributed by atoms with Gasteiger partial charge in [-0.1, -0.05) is 42.1 Å². The van der Waals surface area contributed by atoms with E-state index in [0.717, 1.165) is 11.8 Å². The minimum absolute atomic E-state index is 0.138. The largest absolute Gasteiger partial charge is 0.253 e. The number of rotatable bonds is 3. The Hall–Kier alpha value is -1.93. The highest BCUT2D eigenvalue weighted by atomic mass is 32.2. The fraction of sp³-hybridized carbons (Fsp3) is 0.154. The van der Waals surface area contributed by atoms with Crippen LogP contribution in [0.1, 0.15) is 0 Å². The van der Waals surface area contributed by atoms with E-state index >= 15 is 0 Å². The molecule has 2 aromatic heterocycles. The van der Waals surface area contributed by atoms with E-state index in [2.05, 4.69) is 15.1 Å². The molecule has 0 saturated carbocycles. The van der Waals surface area contributed by atoms with Crippen molar-refractivity contribution in [2.24, 2.45) is 0 Å².